The molecule has 0 aromatic heterocycles. The summed E-state index contributed by atoms with van der Waals surface area (Å²) in [6.07, 6.45) is -5.06. The number of carbonyl (C=O) groups is 1. The van der Waals surface area contributed by atoms with Crippen molar-refractivity contribution < 1.29 is 36.2 Å². The number of amides is 1. The molecule has 0 saturated carbocycles. The topological polar surface area (TPSA) is 59.6 Å². The monoisotopic (exact) mass is 368 g/mol. The number of alkyl halides is 5. The van der Waals surface area contributed by atoms with E-state index in [0.29, 0.717) is 5.56 Å². The Kier molecular flexibility index (Phi) is 5.71. The second kappa shape index (κ2) is 7.42. The lowest BCUT2D eigenvalue weighted by Crippen LogP contribution is -2.40. The molecule has 2 N–H and O–H groups in total. The second-order valence-electron chi connectivity index (χ2n) is 5.60. The van der Waals surface area contributed by atoms with Crippen LogP contribution in [0.5, 0.6) is 11.5 Å². The van der Waals surface area contributed by atoms with Crippen LogP contribution in [0.15, 0.2) is 18.2 Å². The van der Waals surface area contributed by atoms with E-state index in [0.717, 1.165) is 0 Å². The van der Waals surface area contributed by atoms with E-state index in [1.807, 2.05) is 0 Å². The number of methoxy groups -OCH3 is 1. The summed E-state index contributed by atoms with van der Waals surface area (Å²) in [5.41, 5.74) is 0.523. The molecule has 1 amide bonds. The molecule has 0 radical (unpaired) electrons. The molecule has 2 rings (SSSR count). The number of nitrogens with one attached hydrogen (secondary N) is 2. The molecular formula is C15H17F5N2O3. The lowest BCUT2D eigenvalue weighted by Gasteiger charge is -2.15. The maximum absolute atomic E-state index is 13.1. The number of benzene rings is 1. The van der Waals surface area contributed by atoms with Crippen molar-refractivity contribution in [2.45, 2.75) is 31.1 Å². The van der Waals surface area contributed by atoms with E-state index in [1.165, 1.54) is 25.3 Å². The maximum atomic E-state index is 13.1. The van der Waals surface area contributed by atoms with Gasteiger partial charge in [0.1, 0.15) is 0 Å². The Hall–Kier alpha value is -2.10. The zero-order chi connectivity index (χ0) is 18.7. The molecular weight excluding hydrogens is 351 g/mol. The molecule has 1 aliphatic rings. The Morgan fingerprint density at radius 1 is 1.36 bits per heavy atom. The molecule has 1 heterocycles. The average Bonchev–Trinajstić information content (AvgIpc) is 2.90. The molecule has 1 fully saturated rings. The van der Waals surface area contributed by atoms with Crippen LogP contribution in [0.4, 0.5) is 22.0 Å². The van der Waals surface area contributed by atoms with Gasteiger partial charge in [-0.25, -0.2) is 8.78 Å². The number of halogens is 5. The van der Waals surface area contributed by atoms with Gasteiger partial charge < -0.3 is 14.8 Å². The number of hydrogen-bond donors (Lipinski definition) is 2. The molecule has 0 aliphatic carbocycles. The van der Waals surface area contributed by atoms with Crippen LogP contribution in [0, 0.1) is 0 Å². The fourth-order valence-corrected chi connectivity index (χ4v) is 2.31. The molecule has 140 valence electrons. The SMILES string of the molecule is COc1cc(CNC(=O)C2CC(F)(F)CN2)ccc1OCC(F)(F)F. The predicted molar refractivity (Wildman–Crippen MR) is 77.7 cm³/mol. The highest BCUT2D eigenvalue weighted by Crippen LogP contribution is 2.30. The predicted octanol–water partition coefficient (Wildman–Crippen LogP) is 2.25. The van der Waals surface area contributed by atoms with Gasteiger partial charge in [0.15, 0.2) is 18.1 Å². The summed E-state index contributed by atoms with van der Waals surface area (Å²) in [5.74, 6) is -3.51. The van der Waals surface area contributed by atoms with Gasteiger partial charge in [-0.3, -0.25) is 10.1 Å². The smallest absolute Gasteiger partial charge is 0.422 e. The van der Waals surface area contributed by atoms with Gasteiger partial charge in [-0.1, -0.05) is 6.07 Å². The van der Waals surface area contributed by atoms with E-state index >= 15 is 0 Å². The zero-order valence-electron chi connectivity index (χ0n) is 13.3. The van der Waals surface area contributed by atoms with Gasteiger partial charge >= 0.3 is 6.18 Å². The number of carbonyl (C=O) groups excluding carboxylic acids is 1. The summed E-state index contributed by atoms with van der Waals surface area (Å²) in [7, 11) is 1.27. The van der Waals surface area contributed by atoms with Crippen molar-refractivity contribution in [2.75, 3.05) is 20.3 Å². The lowest BCUT2D eigenvalue weighted by atomic mass is 10.1. The molecule has 1 unspecified atom stereocenters. The van der Waals surface area contributed by atoms with E-state index in [9.17, 15) is 26.7 Å². The molecule has 10 heteroatoms. The molecule has 0 bridgehead atoms. The van der Waals surface area contributed by atoms with Crippen LogP contribution >= 0.6 is 0 Å². The van der Waals surface area contributed by atoms with Crippen LogP contribution in [0.25, 0.3) is 0 Å². The van der Waals surface area contributed by atoms with E-state index in [4.69, 9.17) is 4.74 Å². The van der Waals surface area contributed by atoms with Crippen molar-refractivity contribution in [3.8, 4) is 11.5 Å². The summed E-state index contributed by atoms with van der Waals surface area (Å²) < 4.78 is 72.3. The van der Waals surface area contributed by atoms with Gasteiger partial charge in [-0.2, -0.15) is 13.2 Å². The number of hydrogen-bond acceptors (Lipinski definition) is 4. The minimum atomic E-state index is -4.48. The Bertz CT molecular complexity index is 622. The standard InChI is InChI=1S/C15H17F5N2O3/c1-24-12-4-9(2-3-11(12)25-8-15(18,19)20)6-21-13(23)10-5-14(16,17)7-22-10/h2-4,10,22H,5-8H2,1H3,(H,21,23). The fraction of sp³-hybridized carbons (Fsp3) is 0.533. The highest BCUT2D eigenvalue weighted by Gasteiger charge is 2.42. The van der Waals surface area contributed by atoms with Gasteiger partial charge in [0.25, 0.3) is 5.92 Å². The first-order chi connectivity index (χ1) is 11.6. The van der Waals surface area contributed by atoms with Gasteiger partial charge in [0.2, 0.25) is 5.91 Å². The quantitative estimate of drug-likeness (QED) is 0.757. The third-order valence-electron chi connectivity index (χ3n) is 3.51. The van der Waals surface area contributed by atoms with Crippen LogP contribution in [0.1, 0.15) is 12.0 Å². The van der Waals surface area contributed by atoms with E-state index < -0.39 is 43.6 Å². The van der Waals surface area contributed by atoms with Crippen LogP contribution in [-0.2, 0) is 11.3 Å². The van der Waals surface area contributed by atoms with Crippen molar-refractivity contribution in [2.24, 2.45) is 0 Å². The largest absolute Gasteiger partial charge is 0.493 e. The minimum Gasteiger partial charge on any atom is -0.493 e. The summed E-state index contributed by atoms with van der Waals surface area (Å²) in [5, 5.41) is 4.93. The van der Waals surface area contributed by atoms with E-state index in [-0.39, 0.29) is 18.0 Å². The van der Waals surface area contributed by atoms with Crippen molar-refractivity contribution in [1.82, 2.24) is 10.6 Å². The molecule has 1 saturated heterocycles. The van der Waals surface area contributed by atoms with Crippen LogP contribution in [-0.4, -0.2) is 44.3 Å². The van der Waals surface area contributed by atoms with Gasteiger partial charge in [0, 0.05) is 13.0 Å². The molecule has 1 aromatic carbocycles. The Morgan fingerprint density at radius 3 is 2.64 bits per heavy atom. The highest BCUT2D eigenvalue weighted by atomic mass is 19.4. The van der Waals surface area contributed by atoms with Crippen LogP contribution in [0.2, 0.25) is 0 Å². The molecule has 0 spiro atoms. The third kappa shape index (κ3) is 5.73. The number of rotatable bonds is 6. The van der Waals surface area contributed by atoms with Crippen LogP contribution < -0.4 is 20.1 Å². The Morgan fingerprint density at radius 2 is 2.08 bits per heavy atom. The fourth-order valence-electron chi connectivity index (χ4n) is 2.31. The minimum absolute atomic E-state index is 0.0124. The molecule has 1 atom stereocenters. The summed E-state index contributed by atoms with van der Waals surface area (Å²) in [4.78, 5) is 11.9. The van der Waals surface area contributed by atoms with Crippen LogP contribution in [0.3, 0.4) is 0 Å². The second-order valence-corrected chi connectivity index (χ2v) is 5.60. The number of ether oxygens (including phenoxy) is 2. The Balaban J connectivity index is 1.93. The Labute approximate surface area is 140 Å². The van der Waals surface area contributed by atoms with Gasteiger partial charge in [-0.15, -0.1) is 0 Å². The third-order valence-corrected chi connectivity index (χ3v) is 3.51. The molecule has 5 nitrogen and oxygen atoms in total. The van der Waals surface area contributed by atoms with Crippen molar-refractivity contribution >= 4 is 5.91 Å². The first kappa shape index (κ1) is 19.2. The highest BCUT2D eigenvalue weighted by molar-refractivity contribution is 5.82. The van der Waals surface area contributed by atoms with Crippen molar-refractivity contribution in [1.29, 1.82) is 0 Å². The van der Waals surface area contributed by atoms with E-state index in [2.05, 4.69) is 15.4 Å². The van der Waals surface area contributed by atoms with Crippen molar-refractivity contribution in [3.63, 3.8) is 0 Å². The van der Waals surface area contributed by atoms with Crippen molar-refractivity contribution in [3.05, 3.63) is 23.8 Å². The summed E-state index contributed by atoms with van der Waals surface area (Å²) in [6.45, 7) is -2.00. The van der Waals surface area contributed by atoms with E-state index in [1.54, 1.807) is 0 Å². The molecule has 25 heavy (non-hydrogen) atoms. The average molecular weight is 368 g/mol. The molecule has 1 aliphatic heterocycles. The maximum Gasteiger partial charge on any atom is 0.422 e. The first-order valence-electron chi connectivity index (χ1n) is 7.35. The first-order valence-corrected chi connectivity index (χ1v) is 7.35. The van der Waals surface area contributed by atoms with Gasteiger partial charge in [0.05, 0.1) is 19.7 Å². The lowest BCUT2D eigenvalue weighted by molar-refractivity contribution is -0.153. The molecule has 1 aromatic rings. The summed E-state index contributed by atoms with van der Waals surface area (Å²) >= 11 is 0. The zero-order valence-corrected chi connectivity index (χ0v) is 13.3. The van der Waals surface area contributed by atoms with Gasteiger partial charge in [-0.05, 0) is 17.7 Å². The normalized spacial score (nSPS) is 19.5. The summed E-state index contributed by atoms with van der Waals surface area (Å²) in [6, 6.07) is 3.16.